The van der Waals surface area contributed by atoms with Gasteiger partial charge in [-0.05, 0) is 54.1 Å². The van der Waals surface area contributed by atoms with E-state index in [-0.39, 0.29) is 17.1 Å². The largest absolute Gasteiger partial charge is 0.497 e. The number of para-hydroxylation sites is 2. The second-order valence-electron chi connectivity index (χ2n) is 7.92. The minimum Gasteiger partial charge on any atom is -0.497 e. The summed E-state index contributed by atoms with van der Waals surface area (Å²) in [6.07, 6.45) is 0. The number of nitrogens with one attached hydrogen (secondary N) is 1. The predicted molar refractivity (Wildman–Crippen MR) is 145 cm³/mol. The van der Waals surface area contributed by atoms with E-state index < -0.39 is 10.8 Å². The van der Waals surface area contributed by atoms with Crippen LogP contribution in [0.3, 0.4) is 0 Å². The highest BCUT2D eigenvalue weighted by molar-refractivity contribution is 8.00. The van der Waals surface area contributed by atoms with Gasteiger partial charge in [0.1, 0.15) is 28.3 Å². The van der Waals surface area contributed by atoms with Crippen LogP contribution in [0.5, 0.6) is 11.5 Å². The molecule has 0 fully saturated rings. The molecule has 1 heterocycles. The average Bonchev–Trinajstić information content (AvgIpc) is 2.95. The molecule has 4 aromatic rings. The van der Waals surface area contributed by atoms with Gasteiger partial charge in [-0.2, -0.15) is 5.26 Å². The van der Waals surface area contributed by atoms with Gasteiger partial charge in [0, 0.05) is 17.2 Å². The Hall–Kier alpha value is -4.88. The molecule has 0 aliphatic rings. The lowest BCUT2D eigenvalue weighted by Crippen LogP contribution is -2.15. The van der Waals surface area contributed by atoms with Crippen LogP contribution >= 0.6 is 11.8 Å². The third kappa shape index (κ3) is 5.91. The van der Waals surface area contributed by atoms with Gasteiger partial charge < -0.3 is 14.8 Å². The SMILES string of the molecule is COc1ccc(-c2cc(-c3ccc(OC)cc3)c(C#N)c(SCC(=O)Nc3ccccc3[N+](=O)[O-])n2)cc1. The number of anilines is 1. The summed E-state index contributed by atoms with van der Waals surface area (Å²) in [4.78, 5) is 28.1. The van der Waals surface area contributed by atoms with E-state index in [0.717, 1.165) is 22.9 Å². The fourth-order valence-corrected chi connectivity index (χ4v) is 4.50. The minimum absolute atomic E-state index is 0.0995. The van der Waals surface area contributed by atoms with Crippen molar-refractivity contribution >= 4 is 29.0 Å². The Balaban J connectivity index is 1.69. The number of rotatable bonds is 9. The zero-order valence-electron chi connectivity index (χ0n) is 20.5. The Morgan fingerprint density at radius 3 is 2.18 bits per heavy atom. The summed E-state index contributed by atoms with van der Waals surface area (Å²) >= 11 is 1.08. The van der Waals surface area contributed by atoms with Gasteiger partial charge in [0.05, 0.1) is 36.2 Å². The molecule has 3 aromatic carbocycles. The number of thioether (sulfide) groups is 1. The minimum atomic E-state index is -0.558. The van der Waals surface area contributed by atoms with Gasteiger partial charge >= 0.3 is 0 Å². The number of carbonyl (C=O) groups excluding carboxylic acids is 1. The molecule has 1 aromatic heterocycles. The van der Waals surface area contributed by atoms with E-state index in [0.29, 0.717) is 33.3 Å². The standard InChI is InChI=1S/C28H22N4O5S/c1-36-20-11-7-18(8-12-20)22-15-25(19-9-13-21(37-2)14-10-19)31-28(23(22)16-29)38-17-27(33)30-24-5-3-4-6-26(24)32(34)35/h3-15H,17H2,1-2H3,(H,30,33). The van der Waals surface area contributed by atoms with Crippen molar-refractivity contribution in [2.75, 3.05) is 25.3 Å². The van der Waals surface area contributed by atoms with E-state index in [1.165, 1.54) is 18.2 Å². The zero-order valence-corrected chi connectivity index (χ0v) is 21.3. The molecule has 9 nitrogen and oxygen atoms in total. The maximum atomic E-state index is 12.7. The third-order valence-electron chi connectivity index (χ3n) is 5.60. The molecule has 0 unspecified atom stereocenters. The van der Waals surface area contributed by atoms with Crippen LogP contribution in [-0.4, -0.2) is 35.8 Å². The van der Waals surface area contributed by atoms with Crippen molar-refractivity contribution in [2.45, 2.75) is 5.03 Å². The van der Waals surface area contributed by atoms with Gasteiger partial charge in [-0.25, -0.2) is 4.98 Å². The molecule has 0 spiro atoms. The zero-order chi connectivity index (χ0) is 27.1. The van der Waals surface area contributed by atoms with E-state index in [4.69, 9.17) is 14.5 Å². The second-order valence-corrected chi connectivity index (χ2v) is 8.88. The maximum Gasteiger partial charge on any atom is 0.292 e. The Morgan fingerprint density at radius 2 is 1.61 bits per heavy atom. The number of aromatic nitrogens is 1. The number of nitrogens with zero attached hydrogens (tertiary/aromatic N) is 3. The van der Waals surface area contributed by atoms with Crippen molar-refractivity contribution in [1.29, 1.82) is 5.26 Å². The monoisotopic (exact) mass is 526 g/mol. The number of nitro benzene ring substituents is 1. The highest BCUT2D eigenvalue weighted by atomic mass is 32.2. The number of hydrogen-bond acceptors (Lipinski definition) is 8. The van der Waals surface area contributed by atoms with Gasteiger partial charge in [0.15, 0.2) is 0 Å². The average molecular weight is 527 g/mol. The molecular formula is C28H22N4O5S. The smallest absolute Gasteiger partial charge is 0.292 e. The van der Waals surface area contributed by atoms with E-state index in [9.17, 15) is 20.2 Å². The van der Waals surface area contributed by atoms with Crippen LogP contribution in [0, 0.1) is 21.4 Å². The lowest BCUT2D eigenvalue weighted by Gasteiger charge is -2.13. The summed E-state index contributed by atoms with van der Waals surface area (Å²) in [5, 5.41) is 24.3. The van der Waals surface area contributed by atoms with Crippen molar-refractivity contribution in [3.63, 3.8) is 0 Å². The Morgan fingerprint density at radius 1 is 1.00 bits per heavy atom. The first-order valence-corrected chi connectivity index (χ1v) is 12.3. The summed E-state index contributed by atoms with van der Waals surface area (Å²) in [5.74, 6) is 0.801. The van der Waals surface area contributed by atoms with Gasteiger partial charge in [-0.15, -0.1) is 0 Å². The summed E-state index contributed by atoms with van der Waals surface area (Å²) < 4.78 is 10.5. The molecule has 0 bridgehead atoms. The molecule has 0 atom stereocenters. The summed E-state index contributed by atoms with van der Waals surface area (Å²) in [5.41, 5.74) is 3.06. The topological polar surface area (TPSA) is 127 Å². The summed E-state index contributed by atoms with van der Waals surface area (Å²) in [7, 11) is 3.16. The molecule has 1 amide bonds. The van der Waals surface area contributed by atoms with Crippen LogP contribution in [0.2, 0.25) is 0 Å². The fraction of sp³-hybridized carbons (Fsp3) is 0.107. The number of methoxy groups -OCH3 is 2. The Bertz CT molecular complexity index is 1520. The van der Waals surface area contributed by atoms with Gasteiger partial charge in [-0.3, -0.25) is 14.9 Å². The van der Waals surface area contributed by atoms with Crippen molar-refractivity contribution in [2.24, 2.45) is 0 Å². The van der Waals surface area contributed by atoms with Crippen molar-refractivity contribution in [1.82, 2.24) is 4.98 Å². The van der Waals surface area contributed by atoms with Crippen molar-refractivity contribution in [3.8, 4) is 40.0 Å². The van der Waals surface area contributed by atoms with Gasteiger partial charge in [0.2, 0.25) is 5.91 Å². The van der Waals surface area contributed by atoms with E-state index in [2.05, 4.69) is 11.4 Å². The van der Waals surface area contributed by atoms with E-state index in [1.807, 2.05) is 42.5 Å². The van der Waals surface area contributed by atoms with Crippen LogP contribution < -0.4 is 14.8 Å². The van der Waals surface area contributed by atoms with Crippen LogP contribution in [0.15, 0.2) is 83.9 Å². The summed E-state index contributed by atoms with van der Waals surface area (Å²) in [6, 6.07) is 24.6. The Labute approximate surface area is 223 Å². The number of pyridine rings is 1. The fourth-order valence-electron chi connectivity index (χ4n) is 3.70. The van der Waals surface area contributed by atoms with Gasteiger partial charge in [-0.1, -0.05) is 36.0 Å². The van der Waals surface area contributed by atoms with Crippen LogP contribution in [0.1, 0.15) is 5.56 Å². The molecule has 38 heavy (non-hydrogen) atoms. The lowest BCUT2D eigenvalue weighted by atomic mass is 9.99. The van der Waals surface area contributed by atoms with Crippen LogP contribution in [-0.2, 0) is 4.79 Å². The first-order valence-electron chi connectivity index (χ1n) is 11.3. The molecule has 0 radical (unpaired) electrons. The number of nitriles is 1. The predicted octanol–water partition coefficient (Wildman–Crippen LogP) is 5.94. The molecule has 4 rings (SSSR count). The number of hydrogen-bond donors (Lipinski definition) is 1. The van der Waals surface area contributed by atoms with Crippen LogP contribution in [0.4, 0.5) is 11.4 Å². The lowest BCUT2D eigenvalue weighted by molar-refractivity contribution is -0.383. The molecular weight excluding hydrogens is 504 g/mol. The number of amides is 1. The van der Waals surface area contributed by atoms with Crippen molar-refractivity contribution < 1.29 is 19.2 Å². The first-order chi connectivity index (χ1) is 18.4. The van der Waals surface area contributed by atoms with Gasteiger partial charge in [0.25, 0.3) is 5.69 Å². The molecule has 0 aliphatic heterocycles. The van der Waals surface area contributed by atoms with Crippen LogP contribution in [0.25, 0.3) is 22.4 Å². The molecule has 0 saturated carbocycles. The molecule has 1 N–H and O–H groups in total. The quantitative estimate of drug-likeness (QED) is 0.161. The van der Waals surface area contributed by atoms with Crippen molar-refractivity contribution in [3.05, 3.63) is 94.5 Å². The number of benzene rings is 3. The first kappa shape index (κ1) is 26.2. The molecule has 0 saturated heterocycles. The highest BCUT2D eigenvalue weighted by Crippen LogP contribution is 2.35. The maximum absolute atomic E-state index is 12.7. The van der Waals surface area contributed by atoms with E-state index >= 15 is 0 Å². The van der Waals surface area contributed by atoms with E-state index in [1.54, 1.807) is 32.4 Å². The molecule has 0 aliphatic carbocycles. The number of nitro groups is 1. The second kappa shape index (κ2) is 11.9. The Kier molecular flexibility index (Phi) is 8.20. The number of carbonyl (C=O) groups is 1. The third-order valence-corrected chi connectivity index (χ3v) is 6.58. The molecule has 190 valence electrons. The molecule has 10 heteroatoms. The number of ether oxygens (including phenoxy) is 2. The highest BCUT2D eigenvalue weighted by Gasteiger charge is 2.19. The summed E-state index contributed by atoms with van der Waals surface area (Å²) in [6.45, 7) is 0. The normalized spacial score (nSPS) is 10.3.